The number of halogens is 3. The lowest BCUT2D eigenvalue weighted by Crippen LogP contribution is -2.28. The number of hydrogen-bond donors (Lipinski definition) is 1. The second kappa shape index (κ2) is 4.73. The SMILES string of the molecule is Cc1cc(=O)cc(-c2ccc(C3(C(F)(F)F)CC3)cc2C)[nH]1. The number of H-pyrrole nitrogens is 1. The van der Waals surface area contributed by atoms with E-state index in [1.54, 1.807) is 26.0 Å². The highest BCUT2D eigenvalue weighted by Gasteiger charge is 2.64. The molecule has 1 aliphatic rings. The van der Waals surface area contributed by atoms with Crippen LogP contribution in [-0.2, 0) is 5.41 Å². The zero-order chi connectivity index (χ0) is 16.1. The van der Waals surface area contributed by atoms with Gasteiger partial charge < -0.3 is 4.98 Å². The molecule has 1 aliphatic carbocycles. The summed E-state index contributed by atoms with van der Waals surface area (Å²) in [5.74, 6) is 0. The van der Waals surface area contributed by atoms with Gasteiger partial charge in [0.25, 0.3) is 0 Å². The summed E-state index contributed by atoms with van der Waals surface area (Å²) in [6.45, 7) is 3.55. The lowest BCUT2D eigenvalue weighted by atomic mass is 9.91. The van der Waals surface area contributed by atoms with E-state index in [1.165, 1.54) is 18.2 Å². The molecule has 1 aromatic heterocycles. The maximum Gasteiger partial charge on any atom is 0.398 e. The molecular formula is C17H16F3NO. The lowest BCUT2D eigenvalue weighted by molar-refractivity contribution is -0.160. The summed E-state index contributed by atoms with van der Waals surface area (Å²) in [5, 5.41) is 0. The van der Waals surface area contributed by atoms with E-state index in [0.29, 0.717) is 11.3 Å². The molecule has 0 bridgehead atoms. The van der Waals surface area contributed by atoms with Crippen molar-refractivity contribution in [2.45, 2.75) is 38.3 Å². The second-order valence-electron chi connectivity index (χ2n) is 6.02. The number of rotatable bonds is 2. The molecule has 116 valence electrons. The van der Waals surface area contributed by atoms with Crippen LogP contribution in [0.5, 0.6) is 0 Å². The normalized spacial score (nSPS) is 16.6. The van der Waals surface area contributed by atoms with E-state index in [-0.39, 0.29) is 18.3 Å². The Morgan fingerprint density at radius 1 is 1.09 bits per heavy atom. The van der Waals surface area contributed by atoms with Crippen LogP contribution in [0.2, 0.25) is 0 Å². The molecule has 1 heterocycles. The number of benzene rings is 1. The van der Waals surface area contributed by atoms with Crippen LogP contribution < -0.4 is 5.43 Å². The average molecular weight is 307 g/mol. The summed E-state index contributed by atoms with van der Waals surface area (Å²) in [6, 6.07) is 7.74. The van der Waals surface area contributed by atoms with Gasteiger partial charge >= 0.3 is 6.18 Å². The fourth-order valence-electron chi connectivity index (χ4n) is 2.95. The Labute approximate surface area is 126 Å². The number of aromatic amines is 1. The topological polar surface area (TPSA) is 32.9 Å². The van der Waals surface area contributed by atoms with E-state index in [9.17, 15) is 18.0 Å². The van der Waals surface area contributed by atoms with Crippen molar-refractivity contribution in [2.24, 2.45) is 0 Å². The summed E-state index contributed by atoms with van der Waals surface area (Å²) in [5.41, 5.74) is 1.36. The van der Waals surface area contributed by atoms with Crippen LogP contribution in [0.3, 0.4) is 0 Å². The van der Waals surface area contributed by atoms with Gasteiger partial charge in [-0.3, -0.25) is 4.79 Å². The molecule has 2 aromatic rings. The number of aromatic nitrogens is 1. The van der Waals surface area contributed by atoms with Crippen LogP contribution in [0.25, 0.3) is 11.3 Å². The molecule has 1 N–H and O–H groups in total. The largest absolute Gasteiger partial charge is 0.398 e. The van der Waals surface area contributed by atoms with Gasteiger partial charge in [-0.2, -0.15) is 13.2 Å². The predicted octanol–water partition coefficient (Wildman–Crippen LogP) is 4.25. The van der Waals surface area contributed by atoms with Crippen LogP contribution in [0.15, 0.2) is 35.1 Å². The van der Waals surface area contributed by atoms with Crippen molar-refractivity contribution in [1.29, 1.82) is 0 Å². The van der Waals surface area contributed by atoms with Crippen molar-refractivity contribution in [1.82, 2.24) is 4.98 Å². The van der Waals surface area contributed by atoms with Gasteiger partial charge in [-0.05, 0) is 37.8 Å². The molecule has 0 radical (unpaired) electrons. The number of aryl methyl sites for hydroxylation is 2. The highest BCUT2D eigenvalue weighted by Crippen LogP contribution is 2.59. The standard InChI is InChI=1S/C17H16F3NO/c1-10-7-12(16(5-6-16)17(18,19)20)3-4-14(10)15-9-13(22)8-11(2)21-15/h3-4,7-9H,5-6H2,1-2H3,(H,21,22). The molecule has 0 aliphatic heterocycles. The van der Waals surface area contributed by atoms with Gasteiger partial charge in [-0.1, -0.05) is 18.2 Å². The molecule has 0 amide bonds. The maximum absolute atomic E-state index is 13.2. The smallest absolute Gasteiger partial charge is 0.358 e. The minimum Gasteiger partial charge on any atom is -0.358 e. The number of alkyl halides is 3. The van der Waals surface area contributed by atoms with Crippen molar-refractivity contribution in [3.63, 3.8) is 0 Å². The van der Waals surface area contributed by atoms with Crippen molar-refractivity contribution < 1.29 is 13.2 Å². The fourth-order valence-corrected chi connectivity index (χ4v) is 2.95. The van der Waals surface area contributed by atoms with Crippen LogP contribution in [0.4, 0.5) is 13.2 Å². The zero-order valence-corrected chi connectivity index (χ0v) is 12.3. The van der Waals surface area contributed by atoms with E-state index in [1.807, 2.05) is 0 Å². The summed E-state index contributed by atoms with van der Waals surface area (Å²) >= 11 is 0. The highest BCUT2D eigenvalue weighted by molar-refractivity contribution is 5.64. The average Bonchev–Trinajstić information content (AvgIpc) is 3.17. The quantitative estimate of drug-likeness (QED) is 0.884. The first-order valence-electron chi connectivity index (χ1n) is 7.12. The monoisotopic (exact) mass is 307 g/mol. The van der Waals surface area contributed by atoms with Gasteiger partial charge in [-0.25, -0.2) is 0 Å². The molecule has 0 atom stereocenters. The number of pyridine rings is 1. The maximum atomic E-state index is 13.2. The van der Waals surface area contributed by atoms with Crippen LogP contribution >= 0.6 is 0 Å². The first-order valence-corrected chi connectivity index (χ1v) is 7.12. The van der Waals surface area contributed by atoms with Crippen LogP contribution in [-0.4, -0.2) is 11.2 Å². The summed E-state index contributed by atoms with van der Waals surface area (Å²) in [4.78, 5) is 14.7. The minimum absolute atomic E-state index is 0.122. The summed E-state index contributed by atoms with van der Waals surface area (Å²) in [7, 11) is 0. The Balaban J connectivity index is 2.06. The fraction of sp³-hybridized carbons (Fsp3) is 0.353. The number of nitrogens with one attached hydrogen (secondary N) is 1. The number of hydrogen-bond acceptors (Lipinski definition) is 1. The first-order chi connectivity index (χ1) is 10.2. The van der Waals surface area contributed by atoms with Crippen LogP contribution in [0, 0.1) is 13.8 Å². The Kier molecular flexibility index (Phi) is 3.20. The zero-order valence-electron chi connectivity index (χ0n) is 12.3. The van der Waals surface area contributed by atoms with Gasteiger partial charge in [0.15, 0.2) is 5.43 Å². The third-order valence-corrected chi connectivity index (χ3v) is 4.34. The van der Waals surface area contributed by atoms with E-state index >= 15 is 0 Å². The third-order valence-electron chi connectivity index (χ3n) is 4.34. The third kappa shape index (κ3) is 2.34. The molecule has 1 aromatic carbocycles. The van der Waals surface area contributed by atoms with Gasteiger partial charge in [0.2, 0.25) is 0 Å². The van der Waals surface area contributed by atoms with Gasteiger partial charge in [0, 0.05) is 29.1 Å². The molecule has 0 spiro atoms. The Hall–Kier alpha value is -2.04. The van der Waals surface area contributed by atoms with Gasteiger partial charge in [0.05, 0.1) is 5.41 Å². The Morgan fingerprint density at radius 2 is 1.77 bits per heavy atom. The minimum atomic E-state index is -4.21. The van der Waals surface area contributed by atoms with Gasteiger partial charge in [0.1, 0.15) is 0 Å². The second-order valence-corrected chi connectivity index (χ2v) is 6.02. The molecule has 3 rings (SSSR count). The van der Waals surface area contributed by atoms with E-state index < -0.39 is 11.6 Å². The molecule has 0 saturated heterocycles. The predicted molar refractivity (Wildman–Crippen MR) is 78.9 cm³/mol. The highest BCUT2D eigenvalue weighted by atomic mass is 19.4. The lowest BCUT2D eigenvalue weighted by Gasteiger charge is -2.21. The summed E-state index contributed by atoms with van der Waals surface area (Å²) < 4.78 is 39.6. The molecule has 1 saturated carbocycles. The molecule has 1 fully saturated rings. The molecular weight excluding hydrogens is 291 g/mol. The van der Waals surface area contributed by atoms with Crippen molar-refractivity contribution >= 4 is 0 Å². The Morgan fingerprint density at radius 3 is 2.27 bits per heavy atom. The van der Waals surface area contributed by atoms with Crippen molar-refractivity contribution in [3.8, 4) is 11.3 Å². The van der Waals surface area contributed by atoms with E-state index in [0.717, 1.165) is 16.8 Å². The van der Waals surface area contributed by atoms with Gasteiger partial charge in [-0.15, -0.1) is 0 Å². The molecule has 0 unspecified atom stereocenters. The van der Waals surface area contributed by atoms with Crippen molar-refractivity contribution in [3.05, 3.63) is 57.4 Å². The van der Waals surface area contributed by atoms with Crippen LogP contribution in [0.1, 0.15) is 29.7 Å². The van der Waals surface area contributed by atoms with E-state index in [4.69, 9.17) is 0 Å². The Bertz CT molecular complexity index is 785. The molecule has 2 nitrogen and oxygen atoms in total. The molecule has 22 heavy (non-hydrogen) atoms. The van der Waals surface area contributed by atoms with Crippen molar-refractivity contribution in [2.75, 3.05) is 0 Å². The van der Waals surface area contributed by atoms with E-state index in [2.05, 4.69) is 4.98 Å². The first kappa shape index (κ1) is 14.9. The molecule has 5 heteroatoms. The summed E-state index contributed by atoms with van der Waals surface area (Å²) in [6.07, 6.45) is -3.91.